The first-order valence-corrected chi connectivity index (χ1v) is 12.2. The molecule has 1 amide bonds. The molecule has 0 N–H and O–H groups in total. The molecule has 1 aliphatic heterocycles. The largest absolute Gasteiger partial charge is 0.489 e. The minimum atomic E-state index is -0.560. The number of hydrogen-bond acceptors (Lipinski definition) is 5. The lowest BCUT2D eigenvalue weighted by molar-refractivity contribution is 0.0237. The lowest BCUT2D eigenvalue weighted by atomic mass is 10.1. The molecule has 0 bridgehead atoms. The molecule has 3 heterocycles. The van der Waals surface area contributed by atoms with Crippen molar-refractivity contribution in [1.82, 2.24) is 9.47 Å². The van der Waals surface area contributed by atoms with Gasteiger partial charge in [-0.25, -0.2) is 4.79 Å². The van der Waals surface area contributed by atoms with E-state index in [1.165, 1.54) is 6.07 Å². The SMILES string of the molecule is CC(C)(C)OC(=O)N1CCCc2oc3ccc(-n4ccc(OCc5ccccc5)cc4=O)cc3c2C1. The van der Waals surface area contributed by atoms with Gasteiger partial charge in [0.25, 0.3) is 5.56 Å². The van der Waals surface area contributed by atoms with Crippen molar-refractivity contribution in [3.63, 3.8) is 0 Å². The number of benzene rings is 2. The van der Waals surface area contributed by atoms with Gasteiger partial charge in [-0.1, -0.05) is 30.3 Å². The van der Waals surface area contributed by atoms with Crippen LogP contribution in [0.1, 0.15) is 44.1 Å². The van der Waals surface area contributed by atoms with E-state index in [0.29, 0.717) is 25.4 Å². The van der Waals surface area contributed by atoms with E-state index in [2.05, 4.69) is 0 Å². The van der Waals surface area contributed by atoms with Crippen molar-refractivity contribution in [1.29, 1.82) is 0 Å². The Kier molecular flexibility index (Phi) is 6.31. The highest BCUT2D eigenvalue weighted by molar-refractivity contribution is 5.85. The molecule has 0 fully saturated rings. The number of rotatable bonds is 4. The van der Waals surface area contributed by atoms with Crippen molar-refractivity contribution < 1.29 is 18.7 Å². The normalized spacial score (nSPS) is 13.8. The zero-order valence-electron chi connectivity index (χ0n) is 20.8. The van der Waals surface area contributed by atoms with Crippen molar-refractivity contribution >= 4 is 17.1 Å². The maximum absolute atomic E-state index is 12.9. The molecule has 2 aromatic heterocycles. The van der Waals surface area contributed by atoms with Gasteiger partial charge in [-0.05, 0) is 57.0 Å². The number of furan rings is 1. The summed E-state index contributed by atoms with van der Waals surface area (Å²) in [5, 5.41) is 0.897. The number of aromatic nitrogens is 1. The van der Waals surface area contributed by atoms with E-state index in [1.807, 2.05) is 69.3 Å². The molecular weight excluding hydrogens is 456 g/mol. The van der Waals surface area contributed by atoms with E-state index >= 15 is 0 Å². The molecule has 0 aliphatic carbocycles. The predicted octanol–water partition coefficient (Wildman–Crippen LogP) is 5.85. The molecule has 7 nitrogen and oxygen atoms in total. The van der Waals surface area contributed by atoms with Crippen LogP contribution in [0.2, 0.25) is 0 Å². The second kappa shape index (κ2) is 9.57. The molecule has 0 radical (unpaired) electrons. The third-order valence-electron chi connectivity index (χ3n) is 6.11. The molecule has 0 saturated heterocycles. The van der Waals surface area contributed by atoms with Crippen LogP contribution in [0.5, 0.6) is 5.75 Å². The van der Waals surface area contributed by atoms with Crippen molar-refractivity contribution in [3.05, 3.63) is 94.1 Å². The van der Waals surface area contributed by atoms with E-state index < -0.39 is 5.60 Å². The Bertz CT molecular complexity index is 1450. The topological polar surface area (TPSA) is 73.9 Å². The van der Waals surface area contributed by atoms with Crippen molar-refractivity contribution in [3.8, 4) is 11.4 Å². The first kappa shape index (κ1) is 23.7. The quantitative estimate of drug-likeness (QED) is 0.362. The smallest absolute Gasteiger partial charge is 0.410 e. The summed E-state index contributed by atoms with van der Waals surface area (Å²) in [6.45, 7) is 6.99. The van der Waals surface area contributed by atoms with Gasteiger partial charge in [-0.3, -0.25) is 9.36 Å². The van der Waals surface area contributed by atoms with E-state index in [0.717, 1.165) is 46.4 Å². The third kappa shape index (κ3) is 5.15. The van der Waals surface area contributed by atoms with Gasteiger partial charge in [-0.2, -0.15) is 0 Å². The molecule has 1 aliphatic rings. The molecule has 0 spiro atoms. The Balaban J connectivity index is 1.41. The lowest BCUT2D eigenvalue weighted by Crippen LogP contribution is -2.36. The average Bonchev–Trinajstić information content (AvgIpc) is 3.03. The van der Waals surface area contributed by atoms with Gasteiger partial charge in [-0.15, -0.1) is 0 Å². The van der Waals surface area contributed by atoms with Gasteiger partial charge in [0.1, 0.15) is 29.3 Å². The van der Waals surface area contributed by atoms with Crippen molar-refractivity contribution in [2.45, 2.75) is 52.4 Å². The predicted molar refractivity (Wildman–Crippen MR) is 138 cm³/mol. The number of carbonyl (C=O) groups excluding carboxylic acids is 1. The highest BCUT2D eigenvalue weighted by Crippen LogP contribution is 2.32. The van der Waals surface area contributed by atoms with E-state index in [-0.39, 0.29) is 11.7 Å². The van der Waals surface area contributed by atoms with Gasteiger partial charge in [0, 0.05) is 41.9 Å². The van der Waals surface area contributed by atoms with Crippen molar-refractivity contribution in [2.24, 2.45) is 0 Å². The molecule has 4 aromatic rings. The molecule has 36 heavy (non-hydrogen) atoms. The molecule has 0 atom stereocenters. The Hall–Kier alpha value is -4.00. The van der Waals surface area contributed by atoms with Crippen LogP contribution in [-0.2, 0) is 24.3 Å². The molecular formula is C29H30N2O5. The lowest BCUT2D eigenvalue weighted by Gasteiger charge is -2.26. The van der Waals surface area contributed by atoms with Crippen LogP contribution in [0.3, 0.4) is 0 Å². The van der Waals surface area contributed by atoms with Crippen LogP contribution >= 0.6 is 0 Å². The zero-order chi connectivity index (χ0) is 25.3. The number of pyridine rings is 1. The number of aryl methyl sites for hydroxylation is 1. The highest BCUT2D eigenvalue weighted by Gasteiger charge is 2.27. The molecule has 5 rings (SSSR count). The van der Waals surface area contributed by atoms with Crippen LogP contribution in [-0.4, -0.2) is 27.7 Å². The molecule has 186 valence electrons. The fourth-order valence-electron chi connectivity index (χ4n) is 4.40. The second-order valence-electron chi connectivity index (χ2n) is 10.0. The van der Waals surface area contributed by atoms with Gasteiger partial charge in [0.15, 0.2) is 0 Å². The monoisotopic (exact) mass is 486 g/mol. The summed E-state index contributed by atoms with van der Waals surface area (Å²) < 4.78 is 19.1. The van der Waals surface area contributed by atoms with Crippen LogP contribution in [0.4, 0.5) is 4.79 Å². The van der Waals surface area contributed by atoms with Crippen LogP contribution < -0.4 is 10.3 Å². The van der Waals surface area contributed by atoms with Gasteiger partial charge in [0.2, 0.25) is 0 Å². The number of ether oxygens (including phenoxy) is 2. The van der Waals surface area contributed by atoms with E-state index in [9.17, 15) is 9.59 Å². The summed E-state index contributed by atoms with van der Waals surface area (Å²) in [5.41, 5.74) is 2.71. The number of carbonyl (C=O) groups is 1. The van der Waals surface area contributed by atoms with Gasteiger partial charge < -0.3 is 18.8 Å². The summed E-state index contributed by atoms with van der Waals surface area (Å²) >= 11 is 0. The number of nitrogens with zero attached hydrogens (tertiary/aromatic N) is 2. The van der Waals surface area contributed by atoms with E-state index in [1.54, 1.807) is 21.7 Å². The summed E-state index contributed by atoms with van der Waals surface area (Å²) in [6, 6.07) is 18.8. The molecule has 2 aromatic carbocycles. The Labute approximate surface area is 209 Å². The summed E-state index contributed by atoms with van der Waals surface area (Å²) in [6.07, 6.45) is 2.92. The second-order valence-corrected chi connectivity index (χ2v) is 10.0. The first-order chi connectivity index (χ1) is 17.3. The van der Waals surface area contributed by atoms with Crippen molar-refractivity contribution in [2.75, 3.05) is 6.54 Å². The van der Waals surface area contributed by atoms with Crippen LogP contribution in [0, 0.1) is 0 Å². The zero-order valence-corrected chi connectivity index (χ0v) is 20.8. The summed E-state index contributed by atoms with van der Waals surface area (Å²) in [7, 11) is 0. The fourth-order valence-corrected chi connectivity index (χ4v) is 4.40. The number of fused-ring (bicyclic) bond motifs is 3. The fraction of sp³-hybridized carbons (Fsp3) is 0.310. The average molecular weight is 487 g/mol. The van der Waals surface area contributed by atoms with Gasteiger partial charge >= 0.3 is 6.09 Å². The number of amides is 1. The molecule has 0 saturated carbocycles. The highest BCUT2D eigenvalue weighted by atomic mass is 16.6. The maximum atomic E-state index is 12.9. The summed E-state index contributed by atoms with van der Waals surface area (Å²) in [4.78, 5) is 27.4. The van der Waals surface area contributed by atoms with E-state index in [4.69, 9.17) is 13.9 Å². The van der Waals surface area contributed by atoms with Crippen LogP contribution in [0.15, 0.2) is 76.1 Å². The summed E-state index contributed by atoms with van der Waals surface area (Å²) in [5.74, 6) is 1.40. The first-order valence-electron chi connectivity index (χ1n) is 12.2. The third-order valence-corrected chi connectivity index (χ3v) is 6.11. The Morgan fingerprint density at radius 3 is 2.61 bits per heavy atom. The Morgan fingerprint density at radius 1 is 1.06 bits per heavy atom. The number of hydrogen-bond donors (Lipinski definition) is 0. The standard InChI is InChI=1S/C29H30N2O5/c1-29(2,3)36-28(33)30-14-7-10-25-24(18-30)23-16-21(11-12-26(23)35-25)31-15-13-22(17-27(31)32)34-19-20-8-5-4-6-9-20/h4-6,8-9,11-13,15-17H,7,10,14,18-19H2,1-3H3. The molecule has 7 heteroatoms. The minimum Gasteiger partial charge on any atom is -0.489 e. The van der Waals surface area contributed by atoms with Gasteiger partial charge in [0.05, 0.1) is 6.54 Å². The van der Waals surface area contributed by atoms with Crippen LogP contribution in [0.25, 0.3) is 16.7 Å². The minimum absolute atomic E-state index is 0.190. The Morgan fingerprint density at radius 2 is 1.86 bits per heavy atom. The maximum Gasteiger partial charge on any atom is 0.410 e. The molecule has 0 unspecified atom stereocenters.